The highest BCUT2D eigenvalue weighted by atomic mass is 35.5. The molecule has 98 valence electrons. The van der Waals surface area contributed by atoms with E-state index in [1.165, 1.54) is 24.3 Å². The lowest BCUT2D eigenvalue weighted by atomic mass is 10.1. The van der Waals surface area contributed by atoms with E-state index in [1.807, 2.05) is 0 Å². The van der Waals surface area contributed by atoms with Crippen molar-refractivity contribution in [1.29, 1.82) is 0 Å². The molecule has 0 saturated heterocycles. The van der Waals surface area contributed by atoms with Crippen LogP contribution in [0.3, 0.4) is 0 Å². The van der Waals surface area contributed by atoms with Crippen LogP contribution in [0.25, 0.3) is 0 Å². The van der Waals surface area contributed by atoms with Gasteiger partial charge in [-0.15, -0.1) is 0 Å². The van der Waals surface area contributed by atoms with Crippen LogP contribution in [0.1, 0.15) is 11.6 Å². The number of nitrogens with one attached hydrogen (secondary N) is 1. The molecule has 0 unspecified atom stereocenters. The van der Waals surface area contributed by atoms with Crippen LogP contribution in [0.4, 0.5) is 10.1 Å². The van der Waals surface area contributed by atoms with Crippen molar-refractivity contribution in [3.05, 3.63) is 64.9 Å². The van der Waals surface area contributed by atoms with E-state index in [9.17, 15) is 9.18 Å². The SMILES string of the molecule is NC(=O)[C@@H](Nc1ccc(Cl)cc1)c1ccc(F)cc1. The summed E-state index contributed by atoms with van der Waals surface area (Å²) in [5, 5.41) is 3.59. The number of primary amides is 1. The summed E-state index contributed by atoms with van der Waals surface area (Å²) in [6.45, 7) is 0. The van der Waals surface area contributed by atoms with Gasteiger partial charge in [-0.2, -0.15) is 0 Å². The van der Waals surface area contributed by atoms with Gasteiger partial charge in [-0.1, -0.05) is 23.7 Å². The highest BCUT2D eigenvalue weighted by Gasteiger charge is 2.17. The Morgan fingerprint density at radius 1 is 1.11 bits per heavy atom. The Bertz CT molecular complexity index is 569. The fourth-order valence-electron chi connectivity index (χ4n) is 1.69. The molecule has 0 saturated carbocycles. The van der Waals surface area contributed by atoms with Gasteiger partial charge in [-0.25, -0.2) is 4.39 Å². The molecule has 1 atom stereocenters. The largest absolute Gasteiger partial charge is 0.370 e. The van der Waals surface area contributed by atoms with Gasteiger partial charge in [0.25, 0.3) is 0 Å². The van der Waals surface area contributed by atoms with Crippen molar-refractivity contribution in [3.63, 3.8) is 0 Å². The molecular formula is C14H12ClFN2O. The Balaban J connectivity index is 2.23. The number of rotatable bonds is 4. The fraction of sp³-hybridized carbons (Fsp3) is 0.0714. The van der Waals surface area contributed by atoms with Crippen LogP contribution in [-0.2, 0) is 4.79 Å². The van der Waals surface area contributed by atoms with E-state index in [2.05, 4.69) is 5.32 Å². The quantitative estimate of drug-likeness (QED) is 0.903. The number of carbonyl (C=O) groups excluding carboxylic acids is 1. The minimum atomic E-state index is -0.721. The summed E-state index contributed by atoms with van der Waals surface area (Å²) in [7, 11) is 0. The zero-order chi connectivity index (χ0) is 13.8. The molecule has 2 aromatic rings. The molecule has 2 aromatic carbocycles. The van der Waals surface area contributed by atoms with Gasteiger partial charge in [-0.05, 0) is 42.0 Å². The average molecular weight is 279 g/mol. The molecule has 0 aliphatic carbocycles. The summed E-state index contributed by atoms with van der Waals surface area (Å²) in [5.41, 5.74) is 6.67. The van der Waals surface area contributed by atoms with Crippen LogP contribution in [0, 0.1) is 5.82 Å². The number of hydrogen-bond acceptors (Lipinski definition) is 2. The fourth-order valence-corrected chi connectivity index (χ4v) is 1.81. The van der Waals surface area contributed by atoms with E-state index in [4.69, 9.17) is 17.3 Å². The minimum Gasteiger partial charge on any atom is -0.370 e. The van der Waals surface area contributed by atoms with Crippen LogP contribution < -0.4 is 11.1 Å². The molecule has 2 rings (SSSR count). The molecule has 1 amide bonds. The van der Waals surface area contributed by atoms with E-state index >= 15 is 0 Å². The molecule has 0 radical (unpaired) electrons. The maximum atomic E-state index is 12.9. The normalized spacial score (nSPS) is 11.9. The van der Waals surface area contributed by atoms with E-state index in [1.54, 1.807) is 24.3 Å². The zero-order valence-corrected chi connectivity index (χ0v) is 10.7. The number of anilines is 1. The average Bonchev–Trinajstić information content (AvgIpc) is 2.39. The predicted octanol–water partition coefficient (Wildman–Crippen LogP) is 3.12. The standard InChI is InChI=1S/C14H12ClFN2O/c15-10-3-7-12(8-4-10)18-13(14(17)19)9-1-5-11(16)6-2-9/h1-8,13,18H,(H2,17,19)/t13-/m0/s1. The zero-order valence-electron chi connectivity index (χ0n) is 9.94. The lowest BCUT2D eigenvalue weighted by Crippen LogP contribution is -2.27. The number of nitrogens with two attached hydrogens (primary N) is 1. The Morgan fingerprint density at radius 2 is 1.68 bits per heavy atom. The van der Waals surface area contributed by atoms with Crippen LogP contribution in [0.5, 0.6) is 0 Å². The summed E-state index contributed by atoms with van der Waals surface area (Å²) < 4.78 is 12.9. The van der Waals surface area contributed by atoms with E-state index < -0.39 is 11.9 Å². The molecular weight excluding hydrogens is 267 g/mol. The first-order valence-corrected chi connectivity index (χ1v) is 6.01. The second kappa shape index (κ2) is 5.71. The van der Waals surface area contributed by atoms with Crippen LogP contribution >= 0.6 is 11.6 Å². The molecule has 0 aliphatic heterocycles. The highest BCUT2D eigenvalue weighted by molar-refractivity contribution is 6.30. The van der Waals surface area contributed by atoms with Crippen LogP contribution in [0.15, 0.2) is 48.5 Å². The van der Waals surface area contributed by atoms with Crippen molar-refractivity contribution in [2.24, 2.45) is 5.73 Å². The van der Waals surface area contributed by atoms with Crippen LogP contribution in [-0.4, -0.2) is 5.91 Å². The predicted molar refractivity (Wildman–Crippen MR) is 73.4 cm³/mol. The molecule has 3 N–H and O–H groups in total. The second-order valence-electron chi connectivity index (χ2n) is 4.04. The maximum absolute atomic E-state index is 12.9. The lowest BCUT2D eigenvalue weighted by Gasteiger charge is -2.17. The molecule has 0 aliphatic rings. The van der Waals surface area contributed by atoms with Gasteiger partial charge in [0, 0.05) is 10.7 Å². The van der Waals surface area contributed by atoms with Gasteiger partial charge in [0.1, 0.15) is 11.9 Å². The van der Waals surface area contributed by atoms with E-state index in [0.717, 1.165) is 0 Å². The summed E-state index contributed by atoms with van der Waals surface area (Å²) >= 11 is 5.78. The Morgan fingerprint density at radius 3 is 2.21 bits per heavy atom. The van der Waals surface area contributed by atoms with Crippen LogP contribution in [0.2, 0.25) is 5.02 Å². The van der Waals surface area contributed by atoms with Gasteiger partial charge < -0.3 is 11.1 Å². The summed E-state index contributed by atoms with van der Waals surface area (Å²) in [6, 6.07) is 11.8. The monoisotopic (exact) mass is 278 g/mol. The van der Waals surface area contributed by atoms with Gasteiger partial charge in [0.2, 0.25) is 5.91 Å². The van der Waals surface area contributed by atoms with Crippen molar-refractivity contribution in [1.82, 2.24) is 0 Å². The Labute approximate surface area is 115 Å². The molecule has 0 bridgehead atoms. The smallest absolute Gasteiger partial charge is 0.244 e. The molecule has 0 aromatic heterocycles. The molecule has 0 spiro atoms. The third-order valence-corrected chi connectivity index (χ3v) is 2.90. The van der Waals surface area contributed by atoms with Gasteiger partial charge >= 0.3 is 0 Å². The number of benzene rings is 2. The third kappa shape index (κ3) is 3.45. The Hall–Kier alpha value is -2.07. The third-order valence-electron chi connectivity index (χ3n) is 2.64. The maximum Gasteiger partial charge on any atom is 0.244 e. The first kappa shape index (κ1) is 13.4. The topological polar surface area (TPSA) is 55.1 Å². The Kier molecular flexibility index (Phi) is 4.02. The minimum absolute atomic E-state index is 0.363. The second-order valence-corrected chi connectivity index (χ2v) is 4.47. The van der Waals surface area contributed by atoms with Crippen molar-refractivity contribution in [3.8, 4) is 0 Å². The van der Waals surface area contributed by atoms with E-state index in [0.29, 0.717) is 16.3 Å². The first-order chi connectivity index (χ1) is 9.06. The van der Waals surface area contributed by atoms with Crippen molar-refractivity contribution in [2.75, 3.05) is 5.32 Å². The first-order valence-electron chi connectivity index (χ1n) is 5.63. The van der Waals surface area contributed by atoms with Crippen molar-refractivity contribution >= 4 is 23.2 Å². The molecule has 5 heteroatoms. The van der Waals surface area contributed by atoms with Crippen molar-refractivity contribution in [2.45, 2.75) is 6.04 Å². The molecule has 0 heterocycles. The number of hydrogen-bond donors (Lipinski definition) is 2. The molecule has 0 fully saturated rings. The number of amides is 1. The number of halogens is 2. The van der Waals surface area contributed by atoms with Crippen molar-refractivity contribution < 1.29 is 9.18 Å². The van der Waals surface area contributed by atoms with E-state index in [-0.39, 0.29) is 5.82 Å². The molecule has 19 heavy (non-hydrogen) atoms. The lowest BCUT2D eigenvalue weighted by molar-refractivity contribution is -0.118. The summed E-state index contributed by atoms with van der Waals surface area (Å²) in [5.74, 6) is -0.903. The number of carbonyl (C=O) groups is 1. The van der Waals surface area contributed by atoms with Gasteiger partial charge in [-0.3, -0.25) is 4.79 Å². The highest BCUT2D eigenvalue weighted by Crippen LogP contribution is 2.21. The molecule has 3 nitrogen and oxygen atoms in total. The summed E-state index contributed by atoms with van der Waals surface area (Å²) in [6.07, 6.45) is 0. The summed E-state index contributed by atoms with van der Waals surface area (Å²) in [4.78, 5) is 11.5. The van der Waals surface area contributed by atoms with Gasteiger partial charge in [0.15, 0.2) is 0 Å². The van der Waals surface area contributed by atoms with Gasteiger partial charge in [0.05, 0.1) is 0 Å².